The Kier molecular flexibility index (Phi) is 7.12. The molecule has 0 bridgehead atoms. The third-order valence-corrected chi connectivity index (χ3v) is 6.49. The Hall–Kier alpha value is -3.46. The van der Waals surface area contributed by atoms with Gasteiger partial charge in [-0.2, -0.15) is 5.10 Å². The third-order valence-electron chi connectivity index (χ3n) is 6.49. The van der Waals surface area contributed by atoms with Gasteiger partial charge >= 0.3 is 0 Å². The number of carbonyl (C=O) groups excluding carboxylic acids is 2. The van der Waals surface area contributed by atoms with Crippen LogP contribution in [0.25, 0.3) is 0 Å². The number of benzene rings is 2. The molecule has 0 radical (unpaired) electrons. The molecule has 9 heteroatoms. The first-order valence-electron chi connectivity index (χ1n) is 11.3. The van der Waals surface area contributed by atoms with E-state index in [1.165, 1.54) is 17.1 Å². The van der Waals surface area contributed by atoms with Gasteiger partial charge < -0.3 is 15.2 Å². The molecule has 2 heterocycles. The van der Waals surface area contributed by atoms with Crippen molar-refractivity contribution >= 4 is 17.5 Å². The summed E-state index contributed by atoms with van der Waals surface area (Å²) in [5, 5.41) is 6.19. The molecule has 2 amide bonds. The number of amides is 2. The maximum absolute atomic E-state index is 13.6. The summed E-state index contributed by atoms with van der Waals surface area (Å²) in [5.74, 6) is 0.325. The number of nitrogens with two attached hydrogens (primary N) is 1. The van der Waals surface area contributed by atoms with E-state index in [0.717, 1.165) is 11.1 Å². The second-order valence-corrected chi connectivity index (χ2v) is 8.58. The molecule has 0 spiro atoms. The van der Waals surface area contributed by atoms with Crippen LogP contribution in [0.5, 0.6) is 11.5 Å². The van der Waals surface area contributed by atoms with Crippen molar-refractivity contribution in [2.45, 2.75) is 25.3 Å². The first-order chi connectivity index (χ1) is 16.4. The number of hydrogen-bond donors (Lipinski definition) is 1. The summed E-state index contributed by atoms with van der Waals surface area (Å²) in [6, 6.07) is 11.2. The molecule has 180 valence electrons. The normalized spacial score (nSPS) is 19.1. The highest BCUT2D eigenvalue weighted by Crippen LogP contribution is 2.36. The van der Waals surface area contributed by atoms with Crippen LogP contribution in [0.1, 0.15) is 36.4 Å². The molecule has 2 N–H and O–H groups in total. The maximum Gasteiger partial charge on any atom is 0.257 e. The summed E-state index contributed by atoms with van der Waals surface area (Å²) in [5.41, 5.74) is 7.70. The zero-order chi connectivity index (χ0) is 24.2. The van der Waals surface area contributed by atoms with E-state index >= 15 is 0 Å². The van der Waals surface area contributed by atoms with E-state index < -0.39 is 0 Å². The van der Waals surface area contributed by atoms with Crippen LogP contribution in [0.3, 0.4) is 0 Å². The number of hydrazone groups is 1. The molecular weight excluding hydrogens is 439 g/mol. The van der Waals surface area contributed by atoms with Crippen molar-refractivity contribution in [2.24, 2.45) is 16.8 Å². The first kappa shape index (κ1) is 23.7. The van der Waals surface area contributed by atoms with Gasteiger partial charge in [-0.3, -0.25) is 14.5 Å². The second-order valence-electron chi connectivity index (χ2n) is 8.58. The number of rotatable bonds is 7. The van der Waals surface area contributed by atoms with Crippen LogP contribution in [0.2, 0.25) is 0 Å². The molecule has 1 saturated heterocycles. The molecule has 0 saturated carbocycles. The van der Waals surface area contributed by atoms with Crippen molar-refractivity contribution in [3.8, 4) is 11.5 Å². The molecule has 2 aliphatic heterocycles. The first-order valence-corrected chi connectivity index (χ1v) is 11.3. The van der Waals surface area contributed by atoms with Crippen LogP contribution >= 0.6 is 0 Å². The van der Waals surface area contributed by atoms with E-state index in [9.17, 15) is 14.0 Å². The number of likely N-dealkylation sites (tertiary alicyclic amines) is 1. The van der Waals surface area contributed by atoms with Gasteiger partial charge in [0.25, 0.3) is 5.91 Å². The topological polar surface area (TPSA) is 97.5 Å². The van der Waals surface area contributed by atoms with Crippen molar-refractivity contribution in [1.82, 2.24) is 9.91 Å². The molecule has 2 aliphatic rings. The molecule has 1 fully saturated rings. The van der Waals surface area contributed by atoms with Crippen LogP contribution in [0.15, 0.2) is 47.6 Å². The predicted molar refractivity (Wildman–Crippen MR) is 125 cm³/mol. The molecule has 34 heavy (non-hydrogen) atoms. The SMILES string of the molecule is COc1ccc(C2=NN(C(=O)CN3CCC(C(N)=O)CC3)C(c3ccc(F)cc3)C2)c(OC)c1. The van der Waals surface area contributed by atoms with Gasteiger partial charge in [0.2, 0.25) is 5.91 Å². The van der Waals surface area contributed by atoms with E-state index in [2.05, 4.69) is 0 Å². The summed E-state index contributed by atoms with van der Waals surface area (Å²) < 4.78 is 24.4. The quantitative estimate of drug-likeness (QED) is 0.674. The van der Waals surface area contributed by atoms with Gasteiger partial charge in [-0.1, -0.05) is 12.1 Å². The van der Waals surface area contributed by atoms with Crippen molar-refractivity contribution in [1.29, 1.82) is 0 Å². The number of halogens is 1. The molecule has 1 atom stereocenters. The van der Waals surface area contributed by atoms with Crippen LogP contribution in [-0.2, 0) is 9.59 Å². The van der Waals surface area contributed by atoms with Gasteiger partial charge in [0, 0.05) is 24.0 Å². The van der Waals surface area contributed by atoms with E-state index in [0.29, 0.717) is 49.6 Å². The Bertz CT molecular complexity index is 1080. The molecule has 0 aromatic heterocycles. The highest BCUT2D eigenvalue weighted by molar-refractivity contribution is 6.05. The van der Waals surface area contributed by atoms with Crippen molar-refractivity contribution < 1.29 is 23.5 Å². The van der Waals surface area contributed by atoms with Crippen molar-refractivity contribution in [3.05, 3.63) is 59.4 Å². The molecule has 1 unspecified atom stereocenters. The molecule has 8 nitrogen and oxygen atoms in total. The smallest absolute Gasteiger partial charge is 0.257 e. The Morgan fingerprint density at radius 3 is 2.41 bits per heavy atom. The third kappa shape index (κ3) is 5.04. The van der Waals surface area contributed by atoms with Gasteiger partial charge in [0.1, 0.15) is 17.3 Å². The Morgan fingerprint density at radius 1 is 1.09 bits per heavy atom. The van der Waals surface area contributed by atoms with Gasteiger partial charge in [0.15, 0.2) is 0 Å². The van der Waals surface area contributed by atoms with Gasteiger partial charge in [-0.05, 0) is 55.8 Å². The van der Waals surface area contributed by atoms with E-state index in [1.807, 2.05) is 17.0 Å². The van der Waals surface area contributed by atoms with E-state index in [4.69, 9.17) is 20.3 Å². The minimum absolute atomic E-state index is 0.141. The lowest BCUT2D eigenvalue weighted by Gasteiger charge is -2.31. The fourth-order valence-electron chi connectivity index (χ4n) is 4.52. The Morgan fingerprint density at radius 2 is 1.79 bits per heavy atom. The molecular formula is C25H29FN4O4. The van der Waals surface area contributed by atoms with Gasteiger partial charge in [0.05, 0.1) is 32.5 Å². The molecule has 2 aromatic carbocycles. The summed E-state index contributed by atoms with van der Waals surface area (Å²) in [7, 11) is 3.16. The van der Waals surface area contributed by atoms with E-state index in [-0.39, 0.29) is 36.1 Å². The van der Waals surface area contributed by atoms with Crippen LogP contribution in [-0.4, -0.2) is 61.3 Å². The number of carbonyl (C=O) groups is 2. The fraction of sp³-hybridized carbons (Fsp3) is 0.400. The minimum Gasteiger partial charge on any atom is -0.497 e. The minimum atomic E-state index is -0.363. The predicted octanol–water partition coefficient (Wildman–Crippen LogP) is 2.72. The zero-order valence-electron chi connectivity index (χ0n) is 19.4. The largest absolute Gasteiger partial charge is 0.497 e. The number of ether oxygens (including phenoxy) is 2. The molecule has 0 aliphatic carbocycles. The highest BCUT2D eigenvalue weighted by atomic mass is 19.1. The van der Waals surface area contributed by atoms with Gasteiger partial charge in [-0.15, -0.1) is 0 Å². The lowest BCUT2D eigenvalue weighted by Crippen LogP contribution is -2.44. The zero-order valence-corrected chi connectivity index (χ0v) is 19.4. The van der Waals surface area contributed by atoms with Crippen molar-refractivity contribution in [3.63, 3.8) is 0 Å². The summed E-state index contributed by atoms with van der Waals surface area (Å²) in [4.78, 5) is 26.8. The summed E-state index contributed by atoms with van der Waals surface area (Å²) in [6.07, 6.45) is 1.74. The average Bonchev–Trinajstić information content (AvgIpc) is 3.29. The molecule has 4 rings (SSSR count). The number of primary amides is 1. The standard InChI is InChI=1S/C25H29FN4O4/c1-33-19-7-8-20(23(13-19)34-2)21-14-22(16-3-5-18(26)6-4-16)30(28-21)24(31)15-29-11-9-17(10-12-29)25(27)32/h3-8,13,17,22H,9-12,14-15H2,1-2H3,(H2,27,32). The second kappa shape index (κ2) is 10.2. The number of piperidine rings is 1. The highest BCUT2D eigenvalue weighted by Gasteiger charge is 2.35. The number of nitrogens with zero attached hydrogens (tertiary/aromatic N) is 3. The van der Waals surface area contributed by atoms with Crippen LogP contribution in [0, 0.1) is 11.7 Å². The lowest BCUT2D eigenvalue weighted by molar-refractivity contribution is -0.134. The monoisotopic (exact) mass is 468 g/mol. The van der Waals surface area contributed by atoms with Crippen LogP contribution < -0.4 is 15.2 Å². The number of methoxy groups -OCH3 is 2. The van der Waals surface area contributed by atoms with Crippen molar-refractivity contribution in [2.75, 3.05) is 33.9 Å². The van der Waals surface area contributed by atoms with Crippen LogP contribution in [0.4, 0.5) is 4.39 Å². The summed E-state index contributed by atoms with van der Waals surface area (Å²) in [6.45, 7) is 1.42. The fourth-order valence-corrected chi connectivity index (χ4v) is 4.52. The van der Waals surface area contributed by atoms with Gasteiger partial charge in [-0.25, -0.2) is 9.40 Å². The number of hydrogen-bond acceptors (Lipinski definition) is 6. The van der Waals surface area contributed by atoms with E-state index in [1.54, 1.807) is 32.4 Å². The Balaban J connectivity index is 1.58. The average molecular weight is 469 g/mol. The molecule has 2 aromatic rings. The summed E-state index contributed by atoms with van der Waals surface area (Å²) >= 11 is 0. The maximum atomic E-state index is 13.6. The Labute approximate surface area is 198 Å². The lowest BCUT2D eigenvalue weighted by atomic mass is 9.96.